The summed E-state index contributed by atoms with van der Waals surface area (Å²) < 4.78 is 9.89. The molecule has 1 aliphatic carbocycles. The van der Waals surface area contributed by atoms with Gasteiger partial charge in [-0.25, -0.2) is 0 Å². The van der Waals surface area contributed by atoms with Crippen LogP contribution in [0.2, 0.25) is 0 Å². The number of esters is 1. The Kier molecular flexibility index (Phi) is 6.52. The molecule has 0 aromatic heterocycles. The van der Waals surface area contributed by atoms with Crippen LogP contribution < -0.4 is 0 Å². The van der Waals surface area contributed by atoms with Gasteiger partial charge in [0.2, 0.25) is 0 Å². The SMILES string of the molecule is COC(=O)CCCOC(O)C1CCC(C)CC1. The molecule has 1 fully saturated rings. The van der Waals surface area contributed by atoms with E-state index in [1.165, 1.54) is 20.0 Å². The zero-order chi connectivity index (χ0) is 12.7. The number of hydrogen-bond acceptors (Lipinski definition) is 4. The van der Waals surface area contributed by atoms with Crippen molar-refractivity contribution in [3.63, 3.8) is 0 Å². The minimum absolute atomic E-state index is 0.227. The van der Waals surface area contributed by atoms with Crippen molar-refractivity contribution < 1.29 is 19.4 Å². The van der Waals surface area contributed by atoms with Gasteiger partial charge in [0.15, 0.2) is 6.29 Å². The maximum atomic E-state index is 10.9. The van der Waals surface area contributed by atoms with Crippen LogP contribution in [0, 0.1) is 11.8 Å². The van der Waals surface area contributed by atoms with E-state index >= 15 is 0 Å². The maximum absolute atomic E-state index is 10.9. The zero-order valence-corrected chi connectivity index (χ0v) is 10.9. The molecule has 0 spiro atoms. The van der Waals surface area contributed by atoms with Crippen molar-refractivity contribution in [2.24, 2.45) is 11.8 Å². The van der Waals surface area contributed by atoms with Gasteiger partial charge in [0.25, 0.3) is 0 Å². The van der Waals surface area contributed by atoms with Crippen LogP contribution in [-0.2, 0) is 14.3 Å². The number of ether oxygens (including phenoxy) is 2. The molecule has 0 aliphatic heterocycles. The minimum atomic E-state index is -0.667. The van der Waals surface area contributed by atoms with E-state index in [1.807, 2.05) is 0 Å². The molecule has 0 saturated heterocycles. The molecule has 0 bridgehead atoms. The number of aliphatic hydroxyl groups is 1. The summed E-state index contributed by atoms with van der Waals surface area (Å²) >= 11 is 0. The molecular weight excluding hydrogens is 220 g/mol. The van der Waals surface area contributed by atoms with E-state index in [0.29, 0.717) is 19.4 Å². The van der Waals surface area contributed by atoms with Crippen molar-refractivity contribution in [1.82, 2.24) is 0 Å². The first-order valence-electron chi connectivity index (χ1n) is 6.50. The first kappa shape index (κ1) is 14.5. The maximum Gasteiger partial charge on any atom is 0.305 e. The topological polar surface area (TPSA) is 55.8 Å². The van der Waals surface area contributed by atoms with Crippen molar-refractivity contribution in [2.75, 3.05) is 13.7 Å². The molecule has 1 saturated carbocycles. The van der Waals surface area contributed by atoms with Gasteiger partial charge in [0, 0.05) is 12.3 Å². The molecule has 1 N–H and O–H groups in total. The van der Waals surface area contributed by atoms with E-state index < -0.39 is 6.29 Å². The Morgan fingerprint density at radius 3 is 2.59 bits per heavy atom. The van der Waals surface area contributed by atoms with Gasteiger partial charge >= 0.3 is 5.97 Å². The van der Waals surface area contributed by atoms with Crippen LogP contribution >= 0.6 is 0 Å². The Bertz CT molecular complexity index is 221. The van der Waals surface area contributed by atoms with Crippen molar-refractivity contribution in [2.45, 2.75) is 51.7 Å². The lowest BCUT2D eigenvalue weighted by molar-refractivity contribution is -0.149. The first-order valence-corrected chi connectivity index (χ1v) is 6.50. The lowest BCUT2D eigenvalue weighted by Gasteiger charge is -2.29. The molecule has 1 unspecified atom stereocenters. The number of aliphatic hydroxyl groups excluding tert-OH is 1. The summed E-state index contributed by atoms with van der Waals surface area (Å²) in [5.74, 6) is 0.816. The van der Waals surface area contributed by atoms with Crippen LogP contribution in [0.4, 0.5) is 0 Å². The number of carbonyl (C=O) groups excluding carboxylic acids is 1. The molecule has 1 atom stereocenters. The fraction of sp³-hybridized carbons (Fsp3) is 0.923. The second kappa shape index (κ2) is 7.67. The Morgan fingerprint density at radius 1 is 1.35 bits per heavy atom. The van der Waals surface area contributed by atoms with Crippen LogP contribution in [0.15, 0.2) is 0 Å². The third kappa shape index (κ3) is 5.50. The molecule has 0 heterocycles. The molecule has 100 valence electrons. The summed E-state index contributed by atoms with van der Waals surface area (Å²) in [6.45, 7) is 2.67. The molecule has 0 aromatic rings. The first-order chi connectivity index (χ1) is 8.13. The molecule has 4 heteroatoms. The largest absolute Gasteiger partial charge is 0.469 e. The van der Waals surface area contributed by atoms with Crippen LogP contribution in [-0.4, -0.2) is 31.1 Å². The van der Waals surface area contributed by atoms with E-state index in [1.54, 1.807) is 0 Å². The fourth-order valence-corrected chi connectivity index (χ4v) is 2.23. The number of hydrogen-bond donors (Lipinski definition) is 1. The van der Waals surface area contributed by atoms with E-state index in [9.17, 15) is 9.90 Å². The van der Waals surface area contributed by atoms with Crippen LogP contribution in [0.3, 0.4) is 0 Å². The van der Waals surface area contributed by atoms with Crippen LogP contribution in [0.25, 0.3) is 0 Å². The standard InChI is InChI=1S/C13H24O4/c1-10-5-7-11(8-6-10)13(15)17-9-3-4-12(14)16-2/h10-11,13,15H,3-9H2,1-2H3. The monoisotopic (exact) mass is 244 g/mol. The second-order valence-corrected chi connectivity index (χ2v) is 4.96. The second-order valence-electron chi connectivity index (χ2n) is 4.96. The number of methoxy groups -OCH3 is 1. The predicted octanol–water partition coefficient (Wildman–Crippen LogP) is 2.10. The van der Waals surface area contributed by atoms with Gasteiger partial charge in [0.05, 0.1) is 13.7 Å². The van der Waals surface area contributed by atoms with Gasteiger partial charge in [-0.3, -0.25) is 4.79 Å². The Balaban J connectivity index is 2.08. The lowest BCUT2D eigenvalue weighted by Crippen LogP contribution is -2.28. The van der Waals surface area contributed by atoms with Gasteiger partial charge in [-0.05, 0) is 25.2 Å². The summed E-state index contributed by atoms with van der Waals surface area (Å²) in [5.41, 5.74) is 0. The van der Waals surface area contributed by atoms with Crippen molar-refractivity contribution in [3.05, 3.63) is 0 Å². The molecule has 1 aliphatic rings. The quantitative estimate of drug-likeness (QED) is 0.441. The zero-order valence-electron chi connectivity index (χ0n) is 10.9. The number of carbonyl (C=O) groups is 1. The third-order valence-electron chi connectivity index (χ3n) is 3.51. The predicted molar refractivity (Wildman–Crippen MR) is 64.3 cm³/mol. The third-order valence-corrected chi connectivity index (χ3v) is 3.51. The minimum Gasteiger partial charge on any atom is -0.469 e. The van der Waals surface area contributed by atoms with E-state index in [2.05, 4.69) is 11.7 Å². The highest BCUT2D eigenvalue weighted by Gasteiger charge is 2.24. The van der Waals surface area contributed by atoms with Gasteiger partial charge < -0.3 is 14.6 Å². The number of rotatable bonds is 6. The Hall–Kier alpha value is -0.610. The van der Waals surface area contributed by atoms with Gasteiger partial charge in [-0.2, -0.15) is 0 Å². The summed E-state index contributed by atoms with van der Waals surface area (Å²) in [5, 5.41) is 9.84. The molecule has 0 radical (unpaired) electrons. The van der Waals surface area contributed by atoms with Crippen LogP contribution in [0.1, 0.15) is 45.4 Å². The van der Waals surface area contributed by atoms with Crippen LogP contribution in [0.5, 0.6) is 0 Å². The van der Waals surface area contributed by atoms with E-state index in [-0.39, 0.29) is 11.9 Å². The van der Waals surface area contributed by atoms with E-state index in [4.69, 9.17) is 4.74 Å². The normalized spacial score (nSPS) is 26.5. The lowest BCUT2D eigenvalue weighted by atomic mass is 9.83. The van der Waals surface area contributed by atoms with Gasteiger partial charge in [-0.1, -0.05) is 19.8 Å². The van der Waals surface area contributed by atoms with Gasteiger partial charge in [0.1, 0.15) is 0 Å². The summed E-state index contributed by atoms with van der Waals surface area (Å²) in [7, 11) is 1.38. The van der Waals surface area contributed by atoms with E-state index in [0.717, 1.165) is 18.8 Å². The summed E-state index contributed by atoms with van der Waals surface area (Å²) in [6, 6.07) is 0. The highest BCUT2D eigenvalue weighted by molar-refractivity contribution is 5.68. The van der Waals surface area contributed by atoms with Crippen molar-refractivity contribution in [3.8, 4) is 0 Å². The van der Waals surface area contributed by atoms with Crippen molar-refractivity contribution >= 4 is 5.97 Å². The molecule has 4 nitrogen and oxygen atoms in total. The smallest absolute Gasteiger partial charge is 0.305 e. The summed E-state index contributed by atoms with van der Waals surface area (Å²) in [6.07, 6.45) is 4.72. The summed E-state index contributed by atoms with van der Waals surface area (Å²) in [4.78, 5) is 10.9. The fourth-order valence-electron chi connectivity index (χ4n) is 2.23. The Morgan fingerprint density at radius 2 is 2.00 bits per heavy atom. The molecule has 0 amide bonds. The highest BCUT2D eigenvalue weighted by atomic mass is 16.6. The highest BCUT2D eigenvalue weighted by Crippen LogP contribution is 2.30. The van der Waals surface area contributed by atoms with Crippen molar-refractivity contribution in [1.29, 1.82) is 0 Å². The molecule has 0 aromatic carbocycles. The Labute approximate surface area is 103 Å². The molecular formula is C13H24O4. The molecule has 17 heavy (non-hydrogen) atoms. The average Bonchev–Trinajstić information content (AvgIpc) is 2.34. The van der Waals surface area contributed by atoms with Gasteiger partial charge in [-0.15, -0.1) is 0 Å². The molecule has 1 rings (SSSR count). The average molecular weight is 244 g/mol.